The van der Waals surface area contributed by atoms with E-state index in [0.29, 0.717) is 30.0 Å². The normalized spacial score (nSPS) is 11.0. The molecule has 6 heteroatoms. The number of aromatic amines is 1. The second-order valence-corrected chi connectivity index (χ2v) is 3.08. The maximum absolute atomic E-state index is 11.5. The van der Waals surface area contributed by atoms with Gasteiger partial charge >= 0.3 is 0 Å². The predicted octanol–water partition coefficient (Wildman–Crippen LogP) is -0.842. The molecule has 0 aromatic carbocycles. The van der Waals surface area contributed by atoms with Crippen molar-refractivity contribution in [1.29, 1.82) is 0 Å². The molecule has 2 aromatic heterocycles. The summed E-state index contributed by atoms with van der Waals surface area (Å²) in [5, 5.41) is 0. The van der Waals surface area contributed by atoms with Crippen molar-refractivity contribution in [3.8, 4) is 0 Å². The third-order valence-corrected chi connectivity index (χ3v) is 2.00. The monoisotopic (exact) mass is 193 g/mol. The van der Waals surface area contributed by atoms with Gasteiger partial charge in [0.2, 0.25) is 0 Å². The summed E-state index contributed by atoms with van der Waals surface area (Å²) >= 11 is 0. The third kappa shape index (κ3) is 1.29. The second kappa shape index (κ2) is 3.22. The number of aryl methyl sites for hydroxylation is 1. The molecular formula is C8H11N5O. The topological polar surface area (TPSA) is 89.6 Å². The molecule has 2 heterocycles. The predicted molar refractivity (Wildman–Crippen MR) is 51.9 cm³/mol. The molecule has 0 bridgehead atoms. The number of hydrogen-bond acceptors (Lipinski definition) is 4. The van der Waals surface area contributed by atoms with Crippen LogP contribution in [0, 0.1) is 0 Å². The van der Waals surface area contributed by atoms with Gasteiger partial charge in [-0.25, -0.2) is 9.97 Å². The van der Waals surface area contributed by atoms with E-state index < -0.39 is 0 Å². The van der Waals surface area contributed by atoms with Crippen LogP contribution >= 0.6 is 0 Å². The molecule has 0 aliphatic carbocycles. The van der Waals surface area contributed by atoms with Gasteiger partial charge < -0.3 is 15.3 Å². The van der Waals surface area contributed by atoms with Crippen LogP contribution < -0.4 is 11.3 Å². The van der Waals surface area contributed by atoms with E-state index in [1.807, 2.05) is 0 Å². The molecule has 0 fully saturated rings. The van der Waals surface area contributed by atoms with Crippen molar-refractivity contribution in [1.82, 2.24) is 19.5 Å². The minimum atomic E-state index is -0.209. The Morgan fingerprint density at radius 2 is 2.43 bits per heavy atom. The minimum absolute atomic E-state index is 0.209. The first kappa shape index (κ1) is 8.89. The summed E-state index contributed by atoms with van der Waals surface area (Å²) in [6, 6.07) is 0. The molecule has 0 aliphatic rings. The third-order valence-electron chi connectivity index (χ3n) is 2.00. The molecule has 0 radical (unpaired) electrons. The van der Waals surface area contributed by atoms with Crippen molar-refractivity contribution >= 4 is 11.2 Å². The van der Waals surface area contributed by atoms with E-state index in [4.69, 9.17) is 5.73 Å². The van der Waals surface area contributed by atoms with Crippen LogP contribution in [0.1, 0.15) is 5.82 Å². The van der Waals surface area contributed by atoms with Gasteiger partial charge in [0.25, 0.3) is 5.56 Å². The van der Waals surface area contributed by atoms with Gasteiger partial charge in [0, 0.05) is 13.5 Å². The van der Waals surface area contributed by atoms with Crippen LogP contribution in [0.25, 0.3) is 11.2 Å². The standard InChI is InChI=1S/C8H11N5O/c1-13-4-10-6-7(13)11-5(2-3-9)12-8(6)14/h4H,2-3,9H2,1H3,(H,11,12,14). The van der Waals surface area contributed by atoms with Crippen molar-refractivity contribution < 1.29 is 0 Å². The smallest absolute Gasteiger partial charge is 0.279 e. The molecule has 3 N–H and O–H groups in total. The van der Waals surface area contributed by atoms with Gasteiger partial charge in [-0.2, -0.15) is 0 Å². The molecular weight excluding hydrogens is 182 g/mol. The Kier molecular flexibility index (Phi) is 2.05. The van der Waals surface area contributed by atoms with E-state index in [0.717, 1.165) is 0 Å². The zero-order chi connectivity index (χ0) is 10.1. The Labute approximate surface area is 79.8 Å². The van der Waals surface area contributed by atoms with E-state index in [1.165, 1.54) is 0 Å². The molecule has 14 heavy (non-hydrogen) atoms. The minimum Gasteiger partial charge on any atom is -0.330 e. The number of rotatable bonds is 2. The summed E-state index contributed by atoms with van der Waals surface area (Å²) in [6.07, 6.45) is 2.13. The lowest BCUT2D eigenvalue weighted by atomic mass is 10.4. The molecule has 0 atom stereocenters. The molecule has 0 spiro atoms. The average Bonchev–Trinajstić information content (AvgIpc) is 2.49. The van der Waals surface area contributed by atoms with Crippen LogP contribution in [-0.4, -0.2) is 26.1 Å². The SMILES string of the molecule is Cn1cnc2c(=O)[nH]c(CCN)nc21. The van der Waals surface area contributed by atoms with Gasteiger partial charge in [-0.3, -0.25) is 4.79 Å². The summed E-state index contributed by atoms with van der Waals surface area (Å²) in [4.78, 5) is 22.3. The number of nitrogens with two attached hydrogens (primary N) is 1. The Bertz CT molecular complexity index is 512. The van der Waals surface area contributed by atoms with Crippen LogP contribution in [0.5, 0.6) is 0 Å². The summed E-state index contributed by atoms with van der Waals surface area (Å²) in [6.45, 7) is 0.465. The molecule has 0 saturated heterocycles. The van der Waals surface area contributed by atoms with Crippen LogP contribution in [0.2, 0.25) is 0 Å². The highest BCUT2D eigenvalue weighted by molar-refractivity contribution is 5.68. The van der Waals surface area contributed by atoms with E-state index in [1.54, 1.807) is 17.9 Å². The van der Waals surface area contributed by atoms with E-state index in [2.05, 4.69) is 15.0 Å². The highest BCUT2D eigenvalue weighted by Crippen LogP contribution is 2.02. The molecule has 2 aromatic rings. The first-order chi connectivity index (χ1) is 6.72. The maximum atomic E-state index is 11.5. The molecule has 74 valence electrons. The highest BCUT2D eigenvalue weighted by atomic mass is 16.1. The average molecular weight is 193 g/mol. The van der Waals surface area contributed by atoms with Gasteiger partial charge in [-0.05, 0) is 6.54 Å². The van der Waals surface area contributed by atoms with Crippen molar-refractivity contribution in [2.24, 2.45) is 12.8 Å². The number of nitrogens with one attached hydrogen (secondary N) is 1. The molecule has 0 aliphatic heterocycles. The molecule has 0 saturated carbocycles. The number of hydrogen-bond donors (Lipinski definition) is 2. The second-order valence-electron chi connectivity index (χ2n) is 3.08. The lowest BCUT2D eigenvalue weighted by Crippen LogP contribution is -2.15. The van der Waals surface area contributed by atoms with E-state index in [-0.39, 0.29) is 5.56 Å². The maximum Gasteiger partial charge on any atom is 0.279 e. The lowest BCUT2D eigenvalue weighted by Gasteiger charge is -1.98. The van der Waals surface area contributed by atoms with Crippen molar-refractivity contribution in [2.45, 2.75) is 6.42 Å². The number of aromatic nitrogens is 4. The largest absolute Gasteiger partial charge is 0.330 e. The van der Waals surface area contributed by atoms with Gasteiger partial charge in [0.1, 0.15) is 5.82 Å². The first-order valence-electron chi connectivity index (χ1n) is 4.32. The van der Waals surface area contributed by atoms with E-state index >= 15 is 0 Å². The number of nitrogens with zero attached hydrogens (tertiary/aromatic N) is 3. The highest BCUT2D eigenvalue weighted by Gasteiger charge is 2.07. The Morgan fingerprint density at radius 3 is 3.14 bits per heavy atom. The molecule has 2 rings (SSSR count). The van der Waals surface area contributed by atoms with Gasteiger partial charge in [0.15, 0.2) is 11.2 Å². The Hall–Kier alpha value is -1.69. The fraction of sp³-hybridized carbons (Fsp3) is 0.375. The molecule has 0 amide bonds. The quantitative estimate of drug-likeness (QED) is 0.650. The Morgan fingerprint density at radius 1 is 1.64 bits per heavy atom. The first-order valence-corrected chi connectivity index (χ1v) is 4.32. The summed E-state index contributed by atoms with van der Waals surface area (Å²) in [5.41, 5.74) is 6.14. The molecule has 6 nitrogen and oxygen atoms in total. The number of fused-ring (bicyclic) bond motifs is 1. The summed E-state index contributed by atoms with van der Waals surface area (Å²) in [7, 11) is 1.80. The zero-order valence-electron chi connectivity index (χ0n) is 7.82. The number of imidazole rings is 1. The van der Waals surface area contributed by atoms with Gasteiger partial charge in [-0.15, -0.1) is 0 Å². The van der Waals surface area contributed by atoms with Crippen molar-refractivity contribution in [3.63, 3.8) is 0 Å². The summed E-state index contributed by atoms with van der Waals surface area (Å²) in [5.74, 6) is 0.605. The fourth-order valence-corrected chi connectivity index (χ4v) is 1.32. The number of H-pyrrole nitrogens is 1. The lowest BCUT2D eigenvalue weighted by molar-refractivity contribution is 0.851. The fourth-order valence-electron chi connectivity index (χ4n) is 1.32. The van der Waals surface area contributed by atoms with Crippen molar-refractivity contribution in [2.75, 3.05) is 6.54 Å². The molecule has 0 unspecified atom stereocenters. The van der Waals surface area contributed by atoms with Crippen LogP contribution in [-0.2, 0) is 13.5 Å². The van der Waals surface area contributed by atoms with Gasteiger partial charge in [-0.1, -0.05) is 0 Å². The zero-order valence-corrected chi connectivity index (χ0v) is 7.82. The van der Waals surface area contributed by atoms with E-state index in [9.17, 15) is 4.79 Å². The van der Waals surface area contributed by atoms with Crippen LogP contribution in [0.4, 0.5) is 0 Å². The van der Waals surface area contributed by atoms with Crippen LogP contribution in [0.15, 0.2) is 11.1 Å². The van der Waals surface area contributed by atoms with Gasteiger partial charge in [0.05, 0.1) is 6.33 Å². The summed E-state index contributed by atoms with van der Waals surface area (Å²) < 4.78 is 1.71. The van der Waals surface area contributed by atoms with Crippen LogP contribution in [0.3, 0.4) is 0 Å². The Balaban J connectivity index is 2.69. The van der Waals surface area contributed by atoms with Crippen molar-refractivity contribution in [3.05, 3.63) is 22.5 Å².